The summed E-state index contributed by atoms with van der Waals surface area (Å²) in [5.74, 6) is 5.71. The molecule has 3 heterocycles. The average Bonchev–Trinajstić information content (AvgIpc) is 1.59. The van der Waals surface area contributed by atoms with Crippen LogP contribution < -0.4 is 14.2 Å². The van der Waals surface area contributed by atoms with Crippen molar-refractivity contribution in [2.24, 2.45) is 0 Å². The average molecular weight is 1760 g/mol. The van der Waals surface area contributed by atoms with Gasteiger partial charge >= 0.3 is 0 Å². The molecular weight excluding hydrogens is 1670 g/mol. The predicted octanol–water partition coefficient (Wildman–Crippen LogP) is 37.1. The molecule has 0 spiro atoms. The van der Waals surface area contributed by atoms with Crippen LogP contribution in [0.4, 0.5) is 0 Å². The largest absolute Gasteiger partial charge is 0.457 e. The van der Waals surface area contributed by atoms with Gasteiger partial charge in [-0.15, -0.1) is 0 Å². The first-order valence-electron chi connectivity index (χ1n) is 47.8. The Morgan fingerprint density at radius 1 is 0.123 bits per heavy atom. The van der Waals surface area contributed by atoms with Crippen LogP contribution >= 0.6 is 0 Å². The summed E-state index contributed by atoms with van der Waals surface area (Å²) in [5, 5.41) is 30.1. The SMILES string of the molecule is c1ccc(-c2c(-c3ccccc3)c3cc(-c4ccc(C5c6c(ccc7ccccc67)Oc6ccc7ccccc7c65)cc4)ccc3c3ccccc23)cc1.c1ccc2c3c(ccc2c1)Oc1ccc2ccccc2c1C3c1ccc(-c2cc3ccccc3c3ccccc23)cc1.c1ccc2c3c(ccc2c1)Oc1ccc2ccccc2c1C3c1ccc(-c2ccc3c(ccc4ccccc43)c2)cc1. The van der Waals surface area contributed by atoms with Crippen molar-refractivity contribution in [2.75, 3.05) is 0 Å². The van der Waals surface area contributed by atoms with E-state index in [2.05, 4.69) is 504 Å². The van der Waals surface area contributed by atoms with E-state index in [0.717, 1.165) is 34.5 Å². The van der Waals surface area contributed by atoms with Crippen molar-refractivity contribution in [1.82, 2.24) is 0 Å². The van der Waals surface area contributed by atoms with Crippen LogP contribution in [0.25, 0.3) is 185 Å². The second-order valence-electron chi connectivity index (χ2n) is 36.9. The second kappa shape index (κ2) is 33.2. The molecule has 0 saturated heterocycles. The normalized spacial score (nSPS) is 12.7. The number of hydrogen-bond acceptors (Lipinski definition) is 3. The van der Waals surface area contributed by atoms with E-state index in [4.69, 9.17) is 14.2 Å². The Labute approximate surface area is 799 Å². The number of benzene rings is 26. The van der Waals surface area contributed by atoms with Gasteiger partial charge in [0.2, 0.25) is 0 Å². The molecule has 3 heteroatoms. The van der Waals surface area contributed by atoms with Gasteiger partial charge in [0.1, 0.15) is 34.5 Å². The highest BCUT2D eigenvalue weighted by Gasteiger charge is 2.37. The third-order valence-corrected chi connectivity index (χ3v) is 29.3. The molecule has 3 aliphatic rings. The third-order valence-electron chi connectivity index (χ3n) is 29.3. The Balaban J connectivity index is 0.000000106. The van der Waals surface area contributed by atoms with Crippen LogP contribution in [-0.4, -0.2) is 0 Å². The molecule has 3 aliphatic heterocycles. The summed E-state index contributed by atoms with van der Waals surface area (Å²) in [7, 11) is 0. The van der Waals surface area contributed by atoms with Gasteiger partial charge in [0.15, 0.2) is 0 Å². The van der Waals surface area contributed by atoms with Gasteiger partial charge in [-0.25, -0.2) is 0 Å². The minimum Gasteiger partial charge on any atom is -0.457 e. The molecule has 0 amide bonds. The molecule has 0 atom stereocenters. The highest BCUT2D eigenvalue weighted by molar-refractivity contribution is 6.23. The second-order valence-corrected chi connectivity index (χ2v) is 36.9. The zero-order valence-corrected chi connectivity index (χ0v) is 75.4. The maximum Gasteiger partial charge on any atom is 0.132 e. The molecule has 26 aromatic rings. The van der Waals surface area contributed by atoms with E-state index in [0.29, 0.717) is 0 Å². The van der Waals surface area contributed by atoms with Crippen LogP contribution in [0.5, 0.6) is 34.5 Å². The van der Waals surface area contributed by atoms with E-state index in [9.17, 15) is 0 Å². The zero-order valence-electron chi connectivity index (χ0n) is 75.4. The Morgan fingerprint density at radius 3 is 0.732 bits per heavy atom. The summed E-state index contributed by atoms with van der Waals surface area (Å²) in [6.45, 7) is 0. The molecule has 138 heavy (non-hydrogen) atoms. The van der Waals surface area contributed by atoms with Crippen molar-refractivity contribution in [3.63, 3.8) is 0 Å². The van der Waals surface area contributed by atoms with E-state index >= 15 is 0 Å². The molecule has 0 aliphatic carbocycles. The van der Waals surface area contributed by atoms with Crippen LogP contribution in [0.3, 0.4) is 0 Å². The van der Waals surface area contributed by atoms with E-state index in [1.165, 1.54) is 235 Å². The summed E-state index contributed by atoms with van der Waals surface area (Å²) in [6, 6.07) is 183. The van der Waals surface area contributed by atoms with E-state index < -0.39 is 0 Å². The van der Waals surface area contributed by atoms with Gasteiger partial charge in [-0.05, 0) is 256 Å². The minimum absolute atomic E-state index is 0.0103. The van der Waals surface area contributed by atoms with Crippen molar-refractivity contribution >= 4 is 129 Å². The highest BCUT2D eigenvalue weighted by atomic mass is 16.5. The van der Waals surface area contributed by atoms with Crippen LogP contribution in [0, 0.1) is 0 Å². The molecule has 3 nitrogen and oxygen atoms in total. The number of hydrogen-bond donors (Lipinski definition) is 0. The molecule has 0 unspecified atom stereocenters. The molecule has 29 rings (SSSR count). The van der Waals surface area contributed by atoms with Crippen molar-refractivity contribution in [1.29, 1.82) is 0 Å². The molecule has 26 aromatic carbocycles. The van der Waals surface area contributed by atoms with Gasteiger partial charge in [0.05, 0.1) is 0 Å². The van der Waals surface area contributed by atoms with Gasteiger partial charge < -0.3 is 14.2 Å². The molecule has 0 fully saturated rings. The van der Waals surface area contributed by atoms with Crippen LogP contribution in [0.15, 0.2) is 504 Å². The minimum atomic E-state index is 0.0103. The van der Waals surface area contributed by atoms with Gasteiger partial charge in [-0.1, -0.05) is 449 Å². The number of fused-ring (bicyclic) bond motifs is 27. The summed E-state index contributed by atoms with van der Waals surface area (Å²) < 4.78 is 19.9. The molecule has 0 N–H and O–H groups in total. The molecular formula is C135H86O3. The van der Waals surface area contributed by atoms with Crippen molar-refractivity contribution in [3.8, 4) is 90.1 Å². The summed E-state index contributed by atoms with van der Waals surface area (Å²) in [5.41, 5.74) is 23.5. The molecule has 644 valence electrons. The van der Waals surface area contributed by atoms with Crippen LogP contribution in [0.1, 0.15) is 67.8 Å². The fourth-order valence-corrected chi connectivity index (χ4v) is 23.0. The van der Waals surface area contributed by atoms with Crippen LogP contribution in [0.2, 0.25) is 0 Å². The van der Waals surface area contributed by atoms with Crippen molar-refractivity contribution < 1.29 is 14.2 Å². The van der Waals surface area contributed by atoms with Crippen LogP contribution in [-0.2, 0) is 0 Å². The fraction of sp³-hybridized carbons (Fsp3) is 0.0222. The third kappa shape index (κ3) is 13.5. The summed E-state index contributed by atoms with van der Waals surface area (Å²) in [6.07, 6.45) is 0. The lowest BCUT2D eigenvalue weighted by molar-refractivity contribution is 0.456. The first-order valence-corrected chi connectivity index (χ1v) is 47.8. The number of rotatable bonds is 8. The molecule has 0 bridgehead atoms. The van der Waals surface area contributed by atoms with Crippen molar-refractivity contribution in [3.05, 3.63) is 554 Å². The molecule has 0 aromatic heterocycles. The van der Waals surface area contributed by atoms with E-state index in [-0.39, 0.29) is 17.8 Å². The lowest BCUT2D eigenvalue weighted by atomic mass is 9.78. The monoisotopic (exact) mass is 1750 g/mol. The predicted molar refractivity (Wildman–Crippen MR) is 578 cm³/mol. The standard InChI is InChI=1S/C53H34O.2C41H26O/c1-3-15-37(16-4-1)49-45-22-12-11-21-43(45)44-30-27-40(33-46(44)50(49)38-17-5-2-6-18-38)34-23-25-39(26-24-34)51-52-41-19-9-7-13-35(41)28-31-47(52)54-48-32-29-36-14-8-10-20-42(36)53(48)51;1-5-13-32-26(9-1)21-23-37-40(32)39(41-33-14-6-2-10-27(33)22-24-38(41)42-37)29-19-17-28(18-20-29)36-25-30-11-3-4-12-31(30)34-15-7-8-16-35(34)36;1-4-10-33-27(7-1)15-18-32-25-31(19-22-34(32)33)26-13-16-30(17-14-26)39-40-35-11-5-2-8-28(35)20-23-37(40)42-38-24-21-29-9-3-6-12-36(29)41(38)39/h1-33,51H;2*1-25,39H. The van der Waals surface area contributed by atoms with Crippen molar-refractivity contribution in [2.45, 2.75) is 17.8 Å². The topological polar surface area (TPSA) is 27.7 Å². The Hall–Kier alpha value is -17.8. The molecule has 0 saturated carbocycles. The first kappa shape index (κ1) is 79.9. The number of ether oxygens (including phenoxy) is 3. The maximum atomic E-state index is 6.70. The van der Waals surface area contributed by atoms with Gasteiger partial charge in [0, 0.05) is 51.1 Å². The highest BCUT2D eigenvalue weighted by Crippen LogP contribution is 2.58. The quantitative estimate of drug-likeness (QED) is 0.142. The lowest BCUT2D eigenvalue weighted by Crippen LogP contribution is -2.13. The lowest BCUT2D eigenvalue weighted by Gasteiger charge is -2.31. The Kier molecular flexibility index (Phi) is 19.2. The van der Waals surface area contributed by atoms with Gasteiger partial charge in [-0.2, -0.15) is 0 Å². The van der Waals surface area contributed by atoms with E-state index in [1.54, 1.807) is 0 Å². The Morgan fingerprint density at radius 2 is 0.355 bits per heavy atom. The van der Waals surface area contributed by atoms with Gasteiger partial charge in [-0.3, -0.25) is 0 Å². The van der Waals surface area contributed by atoms with Gasteiger partial charge in [0.25, 0.3) is 0 Å². The molecule has 0 radical (unpaired) electrons. The summed E-state index contributed by atoms with van der Waals surface area (Å²) >= 11 is 0. The fourth-order valence-electron chi connectivity index (χ4n) is 23.0. The first-order chi connectivity index (χ1) is 68.4. The Bertz CT molecular complexity index is 9170. The summed E-state index contributed by atoms with van der Waals surface area (Å²) in [4.78, 5) is 0. The smallest absolute Gasteiger partial charge is 0.132 e. The zero-order chi connectivity index (χ0) is 90.8. The van der Waals surface area contributed by atoms with E-state index in [1.807, 2.05) is 0 Å². The maximum absolute atomic E-state index is 6.70.